The molecular formula is C12H16N2O2S. The van der Waals surface area contributed by atoms with E-state index in [1.807, 2.05) is 30.3 Å². The first kappa shape index (κ1) is 13.6. The van der Waals surface area contributed by atoms with Crippen LogP contribution in [0, 0.1) is 0 Å². The smallest absolute Gasteiger partial charge is 0.237 e. The summed E-state index contributed by atoms with van der Waals surface area (Å²) in [6, 6.07) is 9.61. The van der Waals surface area contributed by atoms with Crippen LogP contribution in [0.3, 0.4) is 0 Å². The van der Waals surface area contributed by atoms with Crippen LogP contribution in [-0.2, 0) is 16.0 Å². The van der Waals surface area contributed by atoms with Crippen LogP contribution in [-0.4, -0.2) is 35.6 Å². The first-order valence-corrected chi connectivity index (χ1v) is 5.77. The molecule has 0 bridgehead atoms. The molecule has 92 valence electrons. The van der Waals surface area contributed by atoms with E-state index in [0.29, 0.717) is 6.42 Å². The van der Waals surface area contributed by atoms with Gasteiger partial charge in [0.1, 0.15) is 0 Å². The molecule has 1 aromatic rings. The molecule has 2 amide bonds. The lowest BCUT2D eigenvalue weighted by molar-refractivity contribution is -0.133. The summed E-state index contributed by atoms with van der Waals surface area (Å²) >= 11 is 4.25. The molecule has 1 atom stereocenters. The van der Waals surface area contributed by atoms with E-state index >= 15 is 0 Å². The Morgan fingerprint density at radius 2 is 1.94 bits per heavy atom. The van der Waals surface area contributed by atoms with Crippen molar-refractivity contribution in [3.8, 4) is 0 Å². The van der Waals surface area contributed by atoms with Gasteiger partial charge in [0.05, 0.1) is 11.8 Å². The summed E-state index contributed by atoms with van der Waals surface area (Å²) in [6.45, 7) is -0.0787. The molecule has 0 radical (unpaired) electrons. The van der Waals surface area contributed by atoms with Crippen molar-refractivity contribution in [3.05, 3.63) is 35.9 Å². The summed E-state index contributed by atoms with van der Waals surface area (Å²) in [5.41, 5.74) is 6.06. The molecular weight excluding hydrogens is 236 g/mol. The summed E-state index contributed by atoms with van der Waals surface area (Å²) in [6.07, 6.45) is 0.534. The quantitative estimate of drug-likeness (QED) is 0.748. The lowest BCUT2D eigenvalue weighted by atomic mass is 10.1. The summed E-state index contributed by atoms with van der Waals surface area (Å²) in [5.74, 6) is -0.725. The molecule has 0 aromatic heterocycles. The van der Waals surface area contributed by atoms with Crippen molar-refractivity contribution in [3.63, 3.8) is 0 Å². The van der Waals surface area contributed by atoms with Crippen LogP contribution in [0.15, 0.2) is 30.3 Å². The van der Waals surface area contributed by atoms with Gasteiger partial charge in [-0.1, -0.05) is 30.3 Å². The molecule has 0 aliphatic carbocycles. The molecule has 5 heteroatoms. The number of carbonyl (C=O) groups excluding carboxylic acids is 2. The molecule has 0 heterocycles. The molecule has 0 spiro atoms. The van der Waals surface area contributed by atoms with Crippen LogP contribution in [0.4, 0.5) is 0 Å². The highest BCUT2D eigenvalue weighted by Gasteiger charge is 2.19. The Morgan fingerprint density at radius 3 is 2.47 bits per heavy atom. The molecule has 0 saturated carbocycles. The predicted molar refractivity (Wildman–Crippen MR) is 69.8 cm³/mol. The van der Waals surface area contributed by atoms with Crippen LogP contribution >= 0.6 is 12.6 Å². The van der Waals surface area contributed by atoms with Gasteiger partial charge in [-0.15, -0.1) is 0 Å². The number of thiol groups is 1. The minimum Gasteiger partial charge on any atom is -0.368 e. The van der Waals surface area contributed by atoms with Gasteiger partial charge in [-0.3, -0.25) is 9.59 Å². The summed E-state index contributed by atoms with van der Waals surface area (Å²) in [5, 5.41) is -0.457. The summed E-state index contributed by atoms with van der Waals surface area (Å²) in [7, 11) is 1.54. The van der Waals surface area contributed by atoms with Gasteiger partial charge >= 0.3 is 0 Å². The minimum atomic E-state index is -0.527. The Balaban J connectivity index is 2.55. The van der Waals surface area contributed by atoms with E-state index in [-0.39, 0.29) is 12.5 Å². The van der Waals surface area contributed by atoms with Crippen LogP contribution in [0.25, 0.3) is 0 Å². The van der Waals surface area contributed by atoms with Crippen molar-refractivity contribution < 1.29 is 9.59 Å². The zero-order valence-electron chi connectivity index (χ0n) is 9.67. The second-order valence-corrected chi connectivity index (χ2v) is 4.49. The fourth-order valence-electron chi connectivity index (χ4n) is 1.49. The standard InChI is InChI=1S/C12H16N2O2S/c1-14(8-11(13)15)12(16)10(17)7-9-5-3-2-4-6-9/h2-6,10,17H,7-8H2,1H3,(H2,13,15). The monoisotopic (exact) mass is 252 g/mol. The number of rotatable bonds is 5. The second-order valence-electron chi connectivity index (χ2n) is 3.87. The topological polar surface area (TPSA) is 63.4 Å². The van der Waals surface area contributed by atoms with Gasteiger partial charge in [-0.05, 0) is 12.0 Å². The highest BCUT2D eigenvalue weighted by atomic mass is 32.1. The lowest BCUT2D eigenvalue weighted by Gasteiger charge is -2.19. The molecule has 0 saturated heterocycles. The molecule has 1 rings (SSSR count). The molecule has 1 unspecified atom stereocenters. The third-order valence-electron chi connectivity index (χ3n) is 2.33. The minimum absolute atomic E-state index is 0.0787. The SMILES string of the molecule is CN(CC(N)=O)C(=O)C(S)Cc1ccccc1. The maximum absolute atomic E-state index is 11.8. The Kier molecular flexibility index (Phi) is 5.03. The van der Waals surface area contributed by atoms with E-state index in [1.54, 1.807) is 7.05 Å². The maximum atomic E-state index is 11.8. The van der Waals surface area contributed by atoms with Crippen molar-refractivity contribution >= 4 is 24.4 Å². The normalized spacial score (nSPS) is 11.9. The predicted octanol–water partition coefficient (Wildman–Crippen LogP) is 0.471. The molecule has 1 aromatic carbocycles. The number of hydrogen-bond acceptors (Lipinski definition) is 3. The van der Waals surface area contributed by atoms with E-state index < -0.39 is 11.2 Å². The van der Waals surface area contributed by atoms with Crippen molar-refractivity contribution in [2.24, 2.45) is 5.73 Å². The summed E-state index contributed by atoms with van der Waals surface area (Å²) in [4.78, 5) is 23.8. The highest BCUT2D eigenvalue weighted by molar-refractivity contribution is 7.81. The van der Waals surface area contributed by atoms with Crippen molar-refractivity contribution in [2.45, 2.75) is 11.7 Å². The zero-order valence-corrected chi connectivity index (χ0v) is 10.6. The number of benzene rings is 1. The molecule has 17 heavy (non-hydrogen) atoms. The van der Waals surface area contributed by atoms with Crippen LogP contribution in [0.1, 0.15) is 5.56 Å². The Morgan fingerprint density at radius 1 is 1.35 bits per heavy atom. The average molecular weight is 252 g/mol. The third kappa shape index (κ3) is 4.48. The highest BCUT2D eigenvalue weighted by Crippen LogP contribution is 2.09. The van der Waals surface area contributed by atoms with E-state index in [9.17, 15) is 9.59 Å². The van der Waals surface area contributed by atoms with Gasteiger partial charge in [0.15, 0.2) is 0 Å². The number of carbonyl (C=O) groups is 2. The zero-order chi connectivity index (χ0) is 12.8. The van der Waals surface area contributed by atoms with Crippen LogP contribution in [0.5, 0.6) is 0 Å². The van der Waals surface area contributed by atoms with E-state index in [1.165, 1.54) is 4.90 Å². The van der Waals surface area contributed by atoms with Gasteiger partial charge in [-0.2, -0.15) is 12.6 Å². The molecule has 0 aliphatic heterocycles. The largest absolute Gasteiger partial charge is 0.368 e. The van der Waals surface area contributed by atoms with E-state index in [4.69, 9.17) is 5.73 Å². The number of hydrogen-bond donors (Lipinski definition) is 2. The van der Waals surface area contributed by atoms with Gasteiger partial charge < -0.3 is 10.6 Å². The number of nitrogens with zero attached hydrogens (tertiary/aromatic N) is 1. The second kappa shape index (κ2) is 6.30. The van der Waals surface area contributed by atoms with Crippen molar-refractivity contribution in [1.82, 2.24) is 4.90 Å². The van der Waals surface area contributed by atoms with Gasteiger partial charge in [0.25, 0.3) is 0 Å². The first-order valence-electron chi connectivity index (χ1n) is 5.26. The Hall–Kier alpha value is -1.49. The number of amides is 2. The number of primary amides is 1. The number of likely N-dealkylation sites (N-methyl/N-ethyl adjacent to an activating group) is 1. The van der Waals surface area contributed by atoms with Crippen molar-refractivity contribution in [1.29, 1.82) is 0 Å². The fourth-order valence-corrected chi connectivity index (χ4v) is 1.90. The average Bonchev–Trinajstić information content (AvgIpc) is 2.28. The van der Waals surface area contributed by atoms with E-state index in [2.05, 4.69) is 12.6 Å². The fraction of sp³-hybridized carbons (Fsp3) is 0.333. The molecule has 0 aliphatic rings. The first-order chi connectivity index (χ1) is 8.00. The maximum Gasteiger partial charge on any atom is 0.237 e. The summed E-state index contributed by atoms with van der Waals surface area (Å²) < 4.78 is 0. The molecule has 2 N–H and O–H groups in total. The molecule has 0 fully saturated rings. The van der Waals surface area contributed by atoms with Gasteiger partial charge in [0, 0.05) is 7.05 Å². The van der Waals surface area contributed by atoms with E-state index in [0.717, 1.165) is 5.56 Å². The van der Waals surface area contributed by atoms with Crippen LogP contribution < -0.4 is 5.73 Å². The molecule has 4 nitrogen and oxygen atoms in total. The van der Waals surface area contributed by atoms with Gasteiger partial charge in [0.2, 0.25) is 11.8 Å². The van der Waals surface area contributed by atoms with Crippen LogP contribution in [0.2, 0.25) is 0 Å². The lowest BCUT2D eigenvalue weighted by Crippen LogP contribution is -2.40. The third-order valence-corrected chi connectivity index (χ3v) is 2.73. The van der Waals surface area contributed by atoms with Crippen molar-refractivity contribution in [2.75, 3.05) is 13.6 Å². The van der Waals surface area contributed by atoms with Gasteiger partial charge in [-0.25, -0.2) is 0 Å². The number of nitrogens with two attached hydrogens (primary N) is 1. The Bertz CT molecular complexity index is 395. The Labute approximate surface area is 106 Å².